The topological polar surface area (TPSA) is 102 Å². The van der Waals surface area contributed by atoms with Gasteiger partial charge in [0.2, 0.25) is 0 Å². The van der Waals surface area contributed by atoms with Crippen LogP contribution in [-0.4, -0.2) is 39.3 Å². The van der Waals surface area contributed by atoms with Gasteiger partial charge in [-0.1, -0.05) is 341 Å². The van der Waals surface area contributed by atoms with E-state index >= 15 is 0 Å². The molecule has 4 aromatic heterocycles. The molecule has 0 saturated carbocycles. The minimum Gasteiger partial charge on any atom is -0.507 e. The maximum Gasteiger partial charge on any atom is 0.148 e. The molecule has 632 valence electrons. The zero-order valence-electron chi connectivity index (χ0n) is 88.3. The van der Waals surface area contributed by atoms with E-state index in [1.54, 1.807) is 6.07 Å². The van der Waals surface area contributed by atoms with Crippen LogP contribution in [-0.2, 0) is 63.8 Å². The molecule has 4 heterocycles. The predicted octanol–water partition coefficient (Wildman–Crippen LogP) is 30.3. The van der Waals surface area contributed by atoms with Gasteiger partial charge < -0.3 is 10.2 Å². The normalized spacial score (nSPS) is 13.9. The van der Waals surface area contributed by atoms with Crippen LogP contribution in [0.5, 0.6) is 11.5 Å². The first-order valence-electron chi connectivity index (χ1n) is 49.6. The van der Waals surface area contributed by atoms with E-state index in [1.165, 1.54) is 22.3 Å². The van der Waals surface area contributed by atoms with Gasteiger partial charge in [0.25, 0.3) is 0 Å². The number of nitrogens with zero attached hydrogens (tertiary/aromatic N) is 6. The van der Waals surface area contributed by atoms with Gasteiger partial charge in [0.05, 0.1) is 42.8 Å². The SMILES string of the molecule is Cc1cc(C)c(O)c(-c2nc3c(-c4[c-]c(-c5cc(-c6ccc(-c7ccccc7)cc6)ccn5)cc(C(C)(C)C)c4)cccc3n2-c2cc(-c3ccccc3)cc(C(C)(C)C)c2)c1.[2H]c1nc(-c2[c-]c(-c3cccc4c3nc(-c3cc(C)cc(C)c3O)n4-c3cc(-c4ccccc4)cc(C(C)(C)C)c3)cc(-c3ccccc3)c2)c([2H])c(-c2c([2H])c([2H])c(C(C([2H])([2H])[2H])(C([2H])([2H])[2H])C([2H])([2H])[2H])c([2H])c2[2H])c1[2H].[Pt].[Pt]. The van der Waals surface area contributed by atoms with Crippen LogP contribution in [0, 0.1) is 39.8 Å². The number of fused-ring (bicyclic) bond motifs is 2. The van der Waals surface area contributed by atoms with E-state index in [9.17, 15) is 11.6 Å². The van der Waals surface area contributed by atoms with Gasteiger partial charge in [-0.25, -0.2) is 9.97 Å². The molecule has 0 unspecified atom stereocenters. The molecule has 0 aliphatic rings. The fourth-order valence-corrected chi connectivity index (χ4v) is 16.1. The van der Waals surface area contributed by atoms with Crippen LogP contribution >= 0.6 is 0 Å². The second-order valence-electron chi connectivity index (χ2n) is 35.2. The van der Waals surface area contributed by atoms with Gasteiger partial charge in [0.15, 0.2) is 0 Å². The molecule has 14 aromatic carbocycles. The molecule has 126 heavy (non-hydrogen) atoms. The van der Waals surface area contributed by atoms with Crippen molar-refractivity contribution in [2.24, 2.45) is 0 Å². The standard InChI is InChI=1S/2C58H52N3O.2Pt/c1-37-28-38(2)55(62)51(29-37)56-60-54-50(20-15-21-53(54)61(56)49-34-44(40-18-13-10-14-19-40)33-48(36-49)58(6,7)8)45-30-43(39-16-11-9-12-17-39)31-46(32-45)52-35-42(26-27-59-52)41-22-24-47(25-23-41)57(3,4)5;1-37-28-38(2)55(62)51(29-37)56-60-54-50(20-15-21-53(54)61(56)49-34-44(40-18-13-10-14-19-40)31-48(36-49)58(6,7)8)45-30-46(33-47(32-45)57(3,4)5)52-35-43(26-27-59-52)42-24-22-41(23-25-42)39-16-11-9-12-17-39;;/h9-31,33-36,62H,1-8H3;9-29,31-36,62H,1-8H3;;/q2*-1;;/i3D3,4D3,5D3,22D,23D,24D,25D,26D,27D,35D;;;. The van der Waals surface area contributed by atoms with E-state index in [1.807, 2.05) is 147 Å². The molecule has 0 amide bonds. The molecule has 0 fully saturated rings. The average molecular weight is 2020 g/mol. The first kappa shape index (κ1) is 69.6. The number of phenols is 2. The van der Waals surface area contributed by atoms with Crippen LogP contribution in [0.3, 0.4) is 0 Å². The summed E-state index contributed by atoms with van der Waals surface area (Å²) in [6.45, 7) is 15.9. The van der Waals surface area contributed by atoms with E-state index < -0.39 is 85.1 Å². The maximum atomic E-state index is 11.9. The largest absolute Gasteiger partial charge is 0.507 e. The third-order valence-electron chi connectivity index (χ3n) is 22.8. The fourth-order valence-electron chi connectivity index (χ4n) is 16.1. The van der Waals surface area contributed by atoms with Gasteiger partial charge in [0.1, 0.15) is 23.1 Å². The molecular formula is C116H104N6O2Pt2-2. The summed E-state index contributed by atoms with van der Waals surface area (Å²) in [6, 6.07) is 95.2. The van der Waals surface area contributed by atoms with Crippen molar-refractivity contribution in [2.45, 2.75) is 132 Å². The summed E-state index contributed by atoms with van der Waals surface area (Å²) in [7, 11) is 0. The molecule has 0 aliphatic carbocycles. The summed E-state index contributed by atoms with van der Waals surface area (Å²) < 4.78 is 143. The number of hydrogen-bond donors (Lipinski definition) is 2. The molecule has 0 atom stereocenters. The maximum absolute atomic E-state index is 11.9. The number of phenolic OH excluding ortho intramolecular Hbond substituents is 2. The molecule has 0 aliphatic heterocycles. The van der Waals surface area contributed by atoms with Crippen molar-refractivity contribution >= 4 is 22.1 Å². The number of aryl methyl sites for hydroxylation is 4. The van der Waals surface area contributed by atoms with Crippen LogP contribution in [0.4, 0.5) is 0 Å². The Bertz CT molecular complexity index is 7830. The van der Waals surface area contributed by atoms with E-state index in [4.69, 9.17) is 35.5 Å². The molecule has 18 aromatic rings. The van der Waals surface area contributed by atoms with Crippen LogP contribution in [0.2, 0.25) is 0 Å². The molecule has 10 heteroatoms. The van der Waals surface area contributed by atoms with E-state index in [0.717, 1.165) is 100 Å². The van der Waals surface area contributed by atoms with Crippen LogP contribution < -0.4 is 0 Å². The molecule has 18 rings (SSSR count). The number of aromatic hydroxyl groups is 2. The monoisotopic (exact) mass is 2020 g/mol. The van der Waals surface area contributed by atoms with Crippen molar-refractivity contribution in [3.63, 3.8) is 0 Å². The Hall–Kier alpha value is -12.7. The fraction of sp³-hybridized carbons (Fsp3) is 0.172. The third-order valence-corrected chi connectivity index (χ3v) is 22.8. The summed E-state index contributed by atoms with van der Waals surface area (Å²) >= 11 is 0. The van der Waals surface area contributed by atoms with Gasteiger partial charge in [-0.05, 0) is 210 Å². The van der Waals surface area contributed by atoms with Crippen molar-refractivity contribution in [1.82, 2.24) is 29.1 Å². The quantitative estimate of drug-likeness (QED) is 0.105. The Kier molecular flexibility index (Phi) is 19.7. The third kappa shape index (κ3) is 18.4. The summed E-state index contributed by atoms with van der Waals surface area (Å²) in [4.78, 5) is 20.2. The van der Waals surface area contributed by atoms with Gasteiger partial charge in [-0.15, -0.1) is 53.1 Å². The zero-order valence-corrected chi connectivity index (χ0v) is 76.9. The Balaban J connectivity index is 0.000000216. The Labute approximate surface area is 794 Å². The minimum atomic E-state index is -3.93. The summed E-state index contributed by atoms with van der Waals surface area (Å²) in [5, 5.41) is 23.6. The number of aromatic nitrogens is 6. The van der Waals surface area contributed by atoms with E-state index in [-0.39, 0.29) is 81.1 Å². The average Bonchev–Trinajstić information content (AvgIpc) is 0.735. The number of pyridine rings is 2. The second-order valence-corrected chi connectivity index (χ2v) is 35.2. The van der Waals surface area contributed by atoms with E-state index in [0.29, 0.717) is 61.6 Å². The van der Waals surface area contributed by atoms with Gasteiger partial charge in [-0.3, -0.25) is 19.1 Å². The van der Waals surface area contributed by atoms with Gasteiger partial charge >= 0.3 is 0 Å². The molecule has 8 nitrogen and oxygen atoms in total. The second kappa shape index (κ2) is 35.7. The number of hydrogen-bond acceptors (Lipinski definition) is 6. The predicted molar refractivity (Wildman–Crippen MR) is 518 cm³/mol. The molecule has 0 spiro atoms. The van der Waals surface area contributed by atoms with Crippen molar-refractivity contribution in [3.05, 3.63) is 384 Å². The minimum absolute atomic E-state index is 0. The Morgan fingerprint density at radius 1 is 0.317 bits per heavy atom. The number of imidazole rings is 2. The molecule has 0 saturated heterocycles. The molecular weight excluding hydrogens is 1900 g/mol. The van der Waals surface area contributed by atoms with E-state index in [2.05, 4.69) is 249 Å². The Morgan fingerprint density at radius 3 is 1.17 bits per heavy atom. The summed E-state index contributed by atoms with van der Waals surface area (Å²) in [5.74, 6) is 1.40. The first-order chi connectivity index (χ1) is 66.1. The zero-order chi connectivity index (χ0) is 100. The number of benzene rings is 14. The molecule has 2 N–H and O–H groups in total. The van der Waals surface area contributed by atoms with Crippen molar-refractivity contribution in [2.75, 3.05) is 0 Å². The summed E-state index contributed by atoms with van der Waals surface area (Å²) in [6.07, 6.45) is 1.14. The smallest absolute Gasteiger partial charge is 0.148 e. The van der Waals surface area contributed by atoms with Crippen LogP contribution in [0.15, 0.2) is 328 Å². The molecule has 0 radical (unpaired) electrons. The van der Waals surface area contributed by atoms with Crippen molar-refractivity contribution < 1.29 is 74.3 Å². The van der Waals surface area contributed by atoms with Crippen LogP contribution in [0.1, 0.15) is 149 Å². The first-order valence-corrected chi connectivity index (χ1v) is 41.6. The van der Waals surface area contributed by atoms with Crippen LogP contribution in [0.25, 0.3) is 168 Å². The molecule has 0 bridgehead atoms. The van der Waals surface area contributed by atoms with Gasteiger partial charge in [-0.2, -0.15) is 0 Å². The van der Waals surface area contributed by atoms with Crippen molar-refractivity contribution in [3.8, 4) is 157 Å². The summed E-state index contributed by atoms with van der Waals surface area (Å²) in [5.41, 5.74) is 20.0. The number of rotatable bonds is 14. The number of para-hydroxylation sites is 2. The van der Waals surface area contributed by atoms with Crippen molar-refractivity contribution in [1.29, 1.82) is 0 Å². The van der Waals surface area contributed by atoms with Gasteiger partial charge in [0, 0.05) is 89.6 Å². The Morgan fingerprint density at radius 2 is 0.714 bits per heavy atom.